The fourth-order valence-corrected chi connectivity index (χ4v) is 4.86. The third kappa shape index (κ3) is 4.66. The maximum absolute atomic E-state index is 13.2. The number of likely N-dealkylation sites (tertiary alicyclic amines) is 1. The molecule has 6 nitrogen and oxygen atoms in total. The van der Waals surface area contributed by atoms with E-state index in [0.717, 1.165) is 41.7 Å². The lowest BCUT2D eigenvalue weighted by molar-refractivity contribution is 0.0866. The van der Waals surface area contributed by atoms with E-state index >= 15 is 0 Å². The number of benzene rings is 2. The van der Waals surface area contributed by atoms with E-state index in [1.807, 2.05) is 50.5 Å². The summed E-state index contributed by atoms with van der Waals surface area (Å²) in [6, 6.07) is 16.4. The summed E-state index contributed by atoms with van der Waals surface area (Å²) >= 11 is 0. The van der Waals surface area contributed by atoms with Crippen LogP contribution in [0.5, 0.6) is 5.75 Å². The Kier molecular flexibility index (Phi) is 6.82. The molecule has 1 aromatic heterocycles. The number of piperidine rings is 1. The van der Waals surface area contributed by atoms with E-state index in [9.17, 15) is 4.79 Å². The van der Waals surface area contributed by atoms with Gasteiger partial charge in [-0.15, -0.1) is 0 Å². The first kappa shape index (κ1) is 22.4. The molecular weight excluding hydrogens is 402 g/mol. The van der Waals surface area contributed by atoms with Crippen molar-refractivity contribution in [3.8, 4) is 5.75 Å². The van der Waals surface area contributed by atoms with Crippen LogP contribution in [0, 0.1) is 5.92 Å². The van der Waals surface area contributed by atoms with Crippen LogP contribution in [0.4, 0.5) is 0 Å². The molecule has 0 saturated carbocycles. The molecule has 1 aliphatic rings. The Morgan fingerprint density at radius 1 is 1.19 bits per heavy atom. The van der Waals surface area contributed by atoms with Crippen LogP contribution in [-0.4, -0.2) is 57.0 Å². The van der Waals surface area contributed by atoms with Gasteiger partial charge in [-0.1, -0.05) is 30.3 Å². The van der Waals surface area contributed by atoms with E-state index in [-0.39, 0.29) is 11.9 Å². The zero-order chi connectivity index (χ0) is 22.7. The number of hydrogen-bond donors (Lipinski definition) is 1. The number of nitrogens with zero attached hydrogens (tertiary/aromatic N) is 2. The van der Waals surface area contributed by atoms with Crippen molar-refractivity contribution in [3.63, 3.8) is 0 Å². The fourth-order valence-electron chi connectivity index (χ4n) is 4.86. The summed E-state index contributed by atoms with van der Waals surface area (Å²) in [5.41, 5.74) is 2.95. The number of carbonyl (C=O) groups is 1. The first-order valence-corrected chi connectivity index (χ1v) is 11.3. The van der Waals surface area contributed by atoms with Gasteiger partial charge in [0.2, 0.25) is 0 Å². The molecule has 0 aliphatic carbocycles. The van der Waals surface area contributed by atoms with Gasteiger partial charge in [0, 0.05) is 30.1 Å². The van der Waals surface area contributed by atoms with Crippen LogP contribution in [0.3, 0.4) is 0 Å². The summed E-state index contributed by atoms with van der Waals surface area (Å²) in [6.45, 7) is 2.32. The van der Waals surface area contributed by atoms with E-state index in [4.69, 9.17) is 9.15 Å². The van der Waals surface area contributed by atoms with Crippen molar-refractivity contribution in [2.24, 2.45) is 5.92 Å². The molecule has 6 heteroatoms. The van der Waals surface area contributed by atoms with Crippen molar-refractivity contribution in [2.45, 2.75) is 25.4 Å². The molecule has 1 N–H and O–H groups in total. The van der Waals surface area contributed by atoms with Gasteiger partial charge in [-0.05, 0) is 70.2 Å². The molecule has 0 bridgehead atoms. The lowest BCUT2D eigenvalue weighted by Crippen LogP contribution is -2.41. The zero-order valence-electron chi connectivity index (χ0n) is 19.4. The van der Waals surface area contributed by atoms with Crippen LogP contribution in [0.15, 0.2) is 52.9 Å². The van der Waals surface area contributed by atoms with Gasteiger partial charge in [0.1, 0.15) is 11.3 Å². The van der Waals surface area contributed by atoms with Gasteiger partial charge < -0.3 is 19.4 Å². The highest BCUT2D eigenvalue weighted by atomic mass is 16.5. The summed E-state index contributed by atoms with van der Waals surface area (Å²) in [6.07, 6.45) is 2.20. The van der Waals surface area contributed by atoms with Crippen LogP contribution in [-0.2, 0) is 6.54 Å². The average Bonchev–Trinajstić information content (AvgIpc) is 3.15. The Balaban J connectivity index is 1.53. The standard InChI is InChI=1S/C26H33N3O3/c1-28(2)17-22-21-9-5-6-10-23(21)32-25(22)26(30)27-16-19-8-7-15-29(3)24(19)18-11-13-20(31-4)14-12-18/h5-6,9-14,19,24H,7-8,15-17H2,1-4H3,(H,27,30). The van der Waals surface area contributed by atoms with Gasteiger partial charge in [-0.25, -0.2) is 0 Å². The summed E-state index contributed by atoms with van der Waals surface area (Å²) in [5, 5.41) is 4.18. The number of amides is 1. The van der Waals surface area contributed by atoms with E-state index in [0.29, 0.717) is 24.8 Å². The average molecular weight is 436 g/mol. The Labute approximate surface area is 190 Å². The van der Waals surface area contributed by atoms with E-state index in [1.165, 1.54) is 5.56 Å². The zero-order valence-corrected chi connectivity index (χ0v) is 19.4. The number of carbonyl (C=O) groups excluding carboxylic acids is 1. The van der Waals surface area contributed by atoms with Crippen molar-refractivity contribution in [3.05, 3.63) is 65.4 Å². The second kappa shape index (κ2) is 9.76. The topological polar surface area (TPSA) is 58.0 Å². The third-order valence-corrected chi connectivity index (χ3v) is 6.37. The predicted octanol–water partition coefficient (Wildman–Crippen LogP) is 4.32. The molecule has 1 aliphatic heterocycles. The molecular formula is C26H33N3O3. The highest BCUT2D eigenvalue weighted by Gasteiger charge is 2.31. The normalized spacial score (nSPS) is 19.4. The molecule has 3 aromatic rings. The van der Waals surface area contributed by atoms with E-state index in [1.54, 1.807) is 7.11 Å². The van der Waals surface area contributed by atoms with Crippen molar-refractivity contribution in [2.75, 3.05) is 41.3 Å². The minimum absolute atomic E-state index is 0.139. The summed E-state index contributed by atoms with van der Waals surface area (Å²) in [4.78, 5) is 17.7. The first-order valence-electron chi connectivity index (χ1n) is 11.3. The minimum Gasteiger partial charge on any atom is -0.497 e. The number of hydrogen-bond acceptors (Lipinski definition) is 5. The number of fused-ring (bicyclic) bond motifs is 1. The van der Waals surface area contributed by atoms with Gasteiger partial charge in [0.15, 0.2) is 5.76 Å². The van der Waals surface area contributed by atoms with Crippen LogP contribution in [0.25, 0.3) is 11.0 Å². The monoisotopic (exact) mass is 435 g/mol. The third-order valence-electron chi connectivity index (χ3n) is 6.37. The maximum atomic E-state index is 13.2. The Morgan fingerprint density at radius 3 is 2.66 bits per heavy atom. The number of nitrogens with one attached hydrogen (secondary N) is 1. The van der Waals surface area contributed by atoms with Crippen LogP contribution in [0.2, 0.25) is 0 Å². The fraction of sp³-hybridized carbons (Fsp3) is 0.423. The van der Waals surface area contributed by atoms with Gasteiger partial charge in [0.25, 0.3) is 5.91 Å². The van der Waals surface area contributed by atoms with Gasteiger partial charge in [-0.2, -0.15) is 0 Å². The Bertz CT molecular complexity index is 1060. The molecule has 0 spiro atoms. The van der Waals surface area contributed by atoms with Crippen molar-refractivity contribution in [1.29, 1.82) is 0 Å². The molecule has 2 heterocycles. The van der Waals surface area contributed by atoms with Gasteiger partial charge in [0.05, 0.1) is 7.11 Å². The molecule has 1 amide bonds. The summed E-state index contributed by atoms with van der Waals surface area (Å²) in [7, 11) is 7.85. The molecule has 2 unspecified atom stereocenters. The summed E-state index contributed by atoms with van der Waals surface area (Å²) < 4.78 is 11.3. The molecule has 32 heavy (non-hydrogen) atoms. The SMILES string of the molecule is COc1ccc(C2C(CNC(=O)c3oc4ccccc4c3CN(C)C)CCCN2C)cc1. The Morgan fingerprint density at radius 2 is 1.94 bits per heavy atom. The number of para-hydroxylation sites is 1. The highest BCUT2D eigenvalue weighted by molar-refractivity contribution is 5.99. The number of ether oxygens (including phenoxy) is 1. The van der Waals surface area contributed by atoms with Gasteiger partial charge >= 0.3 is 0 Å². The molecule has 170 valence electrons. The van der Waals surface area contributed by atoms with Crippen molar-refractivity contribution in [1.82, 2.24) is 15.1 Å². The minimum atomic E-state index is -0.139. The lowest BCUT2D eigenvalue weighted by Gasteiger charge is -2.39. The number of rotatable bonds is 7. The molecule has 1 saturated heterocycles. The summed E-state index contributed by atoms with van der Waals surface area (Å²) in [5.74, 6) is 1.47. The second-order valence-corrected chi connectivity index (χ2v) is 8.95. The number of methoxy groups -OCH3 is 1. The Hall–Kier alpha value is -2.83. The predicted molar refractivity (Wildman–Crippen MR) is 127 cm³/mol. The maximum Gasteiger partial charge on any atom is 0.287 e. The smallest absolute Gasteiger partial charge is 0.287 e. The number of furan rings is 1. The van der Waals surface area contributed by atoms with Crippen LogP contribution < -0.4 is 10.1 Å². The highest BCUT2D eigenvalue weighted by Crippen LogP contribution is 2.35. The van der Waals surface area contributed by atoms with Crippen molar-refractivity contribution >= 4 is 16.9 Å². The lowest BCUT2D eigenvalue weighted by atomic mass is 9.85. The molecule has 2 aromatic carbocycles. The van der Waals surface area contributed by atoms with Gasteiger partial charge in [-0.3, -0.25) is 9.69 Å². The van der Waals surface area contributed by atoms with Crippen molar-refractivity contribution < 1.29 is 13.9 Å². The molecule has 4 rings (SSSR count). The molecule has 1 fully saturated rings. The van der Waals surface area contributed by atoms with Crippen LogP contribution in [0.1, 0.15) is 40.6 Å². The largest absolute Gasteiger partial charge is 0.497 e. The quantitative estimate of drug-likeness (QED) is 0.599. The van der Waals surface area contributed by atoms with E-state index in [2.05, 4.69) is 34.3 Å². The molecule has 0 radical (unpaired) electrons. The first-order chi connectivity index (χ1) is 15.5. The molecule has 2 atom stereocenters. The van der Waals surface area contributed by atoms with E-state index < -0.39 is 0 Å². The second-order valence-electron chi connectivity index (χ2n) is 8.95. The van der Waals surface area contributed by atoms with Crippen LogP contribution >= 0.6 is 0 Å².